The Kier molecular flexibility index (Phi) is 12.4. The Hall–Kier alpha value is -1.58. The lowest BCUT2D eigenvalue weighted by Gasteiger charge is -2.02. The molecule has 0 aromatic carbocycles. The maximum absolute atomic E-state index is 11.5. The van der Waals surface area contributed by atoms with Crippen molar-refractivity contribution < 1.29 is 14.3 Å². The third-order valence-electron chi connectivity index (χ3n) is 2.92. The van der Waals surface area contributed by atoms with Gasteiger partial charge in [0.15, 0.2) is 0 Å². The van der Waals surface area contributed by atoms with Gasteiger partial charge in [0.05, 0.1) is 7.11 Å². The van der Waals surface area contributed by atoms with E-state index in [1.165, 1.54) is 7.11 Å². The van der Waals surface area contributed by atoms with Crippen LogP contribution in [0.3, 0.4) is 0 Å². The molecule has 0 unspecified atom stereocenters. The molecular formula is C17H29NO3. The molecule has 0 heterocycles. The number of nitrogens with one attached hydrogen (secondary N) is 1. The summed E-state index contributed by atoms with van der Waals surface area (Å²) in [6, 6.07) is 0. The van der Waals surface area contributed by atoms with Crippen molar-refractivity contribution in [3.8, 4) is 0 Å². The molecule has 0 aliphatic heterocycles. The topological polar surface area (TPSA) is 55.4 Å². The van der Waals surface area contributed by atoms with E-state index in [1.807, 2.05) is 18.2 Å². The minimum absolute atomic E-state index is 0.0838. The van der Waals surface area contributed by atoms with Crippen LogP contribution in [-0.4, -0.2) is 25.5 Å². The van der Waals surface area contributed by atoms with Gasteiger partial charge in [0.1, 0.15) is 0 Å². The fraction of sp³-hybridized carbons (Fsp3) is 0.647. The summed E-state index contributed by atoms with van der Waals surface area (Å²) in [6.45, 7) is 4.82. The molecule has 0 aliphatic rings. The summed E-state index contributed by atoms with van der Waals surface area (Å²) in [5.74, 6) is 0.468. The van der Waals surface area contributed by atoms with Gasteiger partial charge < -0.3 is 10.1 Å². The highest BCUT2D eigenvalue weighted by atomic mass is 16.5. The van der Waals surface area contributed by atoms with E-state index in [-0.39, 0.29) is 11.9 Å². The first-order valence-electron chi connectivity index (χ1n) is 7.73. The number of hydrogen-bond donors (Lipinski definition) is 1. The largest absolute Gasteiger partial charge is 0.469 e. The second-order valence-corrected chi connectivity index (χ2v) is 5.35. The summed E-state index contributed by atoms with van der Waals surface area (Å²) in [4.78, 5) is 22.4. The average Bonchev–Trinajstić information content (AvgIpc) is 2.45. The maximum Gasteiger partial charge on any atom is 0.305 e. The molecule has 0 radical (unpaired) electrons. The number of unbranched alkanes of at least 4 members (excludes halogenated alkanes) is 3. The lowest BCUT2D eigenvalue weighted by Crippen LogP contribution is -2.22. The molecule has 1 amide bonds. The Labute approximate surface area is 128 Å². The lowest BCUT2D eigenvalue weighted by atomic mass is 10.1. The first-order valence-corrected chi connectivity index (χ1v) is 7.73. The first-order chi connectivity index (χ1) is 10.1. The number of rotatable bonds is 11. The molecule has 0 saturated carbocycles. The van der Waals surface area contributed by atoms with Crippen molar-refractivity contribution in [2.24, 2.45) is 5.92 Å². The van der Waals surface area contributed by atoms with Crippen molar-refractivity contribution in [3.05, 3.63) is 24.3 Å². The quantitative estimate of drug-likeness (QED) is 0.361. The fourth-order valence-electron chi connectivity index (χ4n) is 1.70. The van der Waals surface area contributed by atoms with Crippen LogP contribution in [0.15, 0.2) is 24.3 Å². The van der Waals surface area contributed by atoms with Crippen molar-refractivity contribution in [3.63, 3.8) is 0 Å². The second-order valence-electron chi connectivity index (χ2n) is 5.35. The van der Waals surface area contributed by atoms with Crippen molar-refractivity contribution in [1.29, 1.82) is 0 Å². The Balaban J connectivity index is 3.44. The van der Waals surface area contributed by atoms with Crippen LogP contribution in [0.1, 0.15) is 52.4 Å². The van der Waals surface area contributed by atoms with E-state index in [0.717, 1.165) is 25.7 Å². The van der Waals surface area contributed by atoms with Gasteiger partial charge in [0.2, 0.25) is 5.91 Å². The number of ether oxygens (including phenoxy) is 1. The van der Waals surface area contributed by atoms with Gasteiger partial charge in [-0.3, -0.25) is 9.59 Å². The van der Waals surface area contributed by atoms with Gasteiger partial charge >= 0.3 is 5.97 Å². The summed E-state index contributed by atoms with van der Waals surface area (Å²) in [7, 11) is 1.40. The molecule has 0 atom stereocenters. The molecule has 0 fully saturated rings. The van der Waals surface area contributed by atoms with E-state index in [0.29, 0.717) is 25.3 Å². The minimum Gasteiger partial charge on any atom is -0.469 e. The van der Waals surface area contributed by atoms with Crippen LogP contribution in [0.5, 0.6) is 0 Å². The third kappa shape index (κ3) is 14.6. The predicted octanol–water partition coefficient (Wildman–Crippen LogP) is 3.38. The zero-order valence-electron chi connectivity index (χ0n) is 13.6. The van der Waals surface area contributed by atoms with Crippen LogP contribution >= 0.6 is 0 Å². The van der Waals surface area contributed by atoms with Crippen molar-refractivity contribution in [2.45, 2.75) is 52.4 Å². The molecule has 0 aromatic heterocycles. The Morgan fingerprint density at radius 3 is 2.33 bits per heavy atom. The standard InChI is InChI=1S/C17H29NO3/c1-15(2)11-7-6-10-14-18-16(19)12-8-4-5-9-13-17(20)21-3/h6-7,10-11,15H,4-5,8-9,12-14H2,1-3H3,(H,18,19)/b10-6+,11-7+. The van der Waals surface area contributed by atoms with E-state index < -0.39 is 0 Å². The SMILES string of the molecule is COC(=O)CCCCCCC(=O)NC/C=C/C=C/C(C)C. The molecule has 0 rings (SSSR count). The second kappa shape index (κ2) is 13.4. The summed E-state index contributed by atoms with van der Waals surface area (Å²) in [5, 5.41) is 2.86. The number of amides is 1. The zero-order chi connectivity index (χ0) is 15.9. The van der Waals surface area contributed by atoms with Crippen LogP contribution in [0, 0.1) is 5.92 Å². The van der Waals surface area contributed by atoms with Crippen LogP contribution in [0.4, 0.5) is 0 Å². The van der Waals surface area contributed by atoms with Gasteiger partial charge in [-0.05, 0) is 18.8 Å². The molecule has 1 N–H and O–H groups in total. The lowest BCUT2D eigenvalue weighted by molar-refractivity contribution is -0.140. The number of carbonyl (C=O) groups is 2. The summed E-state index contributed by atoms with van der Waals surface area (Å²) >= 11 is 0. The van der Waals surface area contributed by atoms with E-state index in [4.69, 9.17) is 0 Å². The summed E-state index contributed by atoms with van der Waals surface area (Å²) in [6.07, 6.45) is 12.6. The average molecular weight is 295 g/mol. The first kappa shape index (κ1) is 19.4. The maximum atomic E-state index is 11.5. The van der Waals surface area contributed by atoms with Gasteiger partial charge in [-0.1, -0.05) is 51.0 Å². The van der Waals surface area contributed by atoms with Crippen molar-refractivity contribution in [1.82, 2.24) is 5.32 Å². The van der Waals surface area contributed by atoms with E-state index in [1.54, 1.807) is 0 Å². The molecule has 4 nitrogen and oxygen atoms in total. The van der Waals surface area contributed by atoms with E-state index in [9.17, 15) is 9.59 Å². The zero-order valence-corrected chi connectivity index (χ0v) is 13.6. The molecular weight excluding hydrogens is 266 g/mol. The Bertz CT molecular complexity index is 346. The number of esters is 1. The highest BCUT2D eigenvalue weighted by Crippen LogP contribution is 2.05. The number of allylic oxidation sites excluding steroid dienone is 3. The van der Waals surface area contributed by atoms with E-state index in [2.05, 4.69) is 30.0 Å². The molecule has 4 heteroatoms. The van der Waals surface area contributed by atoms with Crippen LogP contribution in [0.2, 0.25) is 0 Å². The van der Waals surface area contributed by atoms with Gasteiger partial charge in [-0.2, -0.15) is 0 Å². The Morgan fingerprint density at radius 2 is 1.71 bits per heavy atom. The van der Waals surface area contributed by atoms with Gasteiger partial charge in [0.25, 0.3) is 0 Å². The van der Waals surface area contributed by atoms with Gasteiger partial charge in [-0.15, -0.1) is 0 Å². The molecule has 0 saturated heterocycles. The minimum atomic E-state index is -0.161. The molecule has 120 valence electrons. The van der Waals surface area contributed by atoms with Crippen LogP contribution < -0.4 is 5.32 Å². The number of hydrogen-bond acceptors (Lipinski definition) is 3. The van der Waals surface area contributed by atoms with Gasteiger partial charge in [0, 0.05) is 19.4 Å². The number of carbonyl (C=O) groups excluding carboxylic acids is 2. The Morgan fingerprint density at radius 1 is 1.05 bits per heavy atom. The smallest absolute Gasteiger partial charge is 0.305 e. The monoisotopic (exact) mass is 295 g/mol. The molecule has 0 aliphatic carbocycles. The van der Waals surface area contributed by atoms with Crippen LogP contribution in [0.25, 0.3) is 0 Å². The van der Waals surface area contributed by atoms with Gasteiger partial charge in [-0.25, -0.2) is 0 Å². The molecule has 0 bridgehead atoms. The summed E-state index contributed by atoms with van der Waals surface area (Å²) < 4.78 is 4.57. The molecule has 0 spiro atoms. The molecule has 21 heavy (non-hydrogen) atoms. The highest BCUT2D eigenvalue weighted by molar-refractivity contribution is 5.75. The molecule has 0 aromatic rings. The van der Waals surface area contributed by atoms with E-state index >= 15 is 0 Å². The van der Waals surface area contributed by atoms with Crippen molar-refractivity contribution in [2.75, 3.05) is 13.7 Å². The fourth-order valence-corrected chi connectivity index (χ4v) is 1.70. The summed E-state index contributed by atoms with van der Waals surface area (Å²) in [5.41, 5.74) is 0. The predicted molar refractivity (Wildman–Crippen MR) is 85.8 cm³/mol. The van der Waals surface area contributed by atoms with Crippen LogP contribution in [-0.2, 0) is 14.3 Å². The third-order valence-corrected chi connectivity index (χ3v) is 2.92. The number of methoxy groups -OCH3 is 1. The van der Waals surface area contributed by atoms with Crippen molar-refractivity contribution >= 4 is 11.9 Å². The highest BCUT2D eigenvalue weighted by Gasteiger charge is 2.01. The normalized spacial score (nSPS) is 11.4.